The van der Waals surface area contributed by atoms with Crippen molar-refractivity contribution in [2.75, 3.05) is 51.0 Å². The molecule has 0 spiro atoms. The number of nitrogens with zero attached hydrogens (tertiary/aromatic N) is 4. The van der Waals surface area contributed by atoms with Crippen molar-refractivity contribution < 1.29 is 51.1 Å². The van der Waals surface area contributed by atoms with Gasteiger partial charge in [-0.05, 0) is 126 Å². The summed E-state index contributed by atoms with van der Waals surface area (Å²) in [6.07, 6.45) is 16.6. The number of halogens is 3. The topological polar surface area (TPSA) is 156 Å². The number of esters is 1. The minimum atomic E-state index is -2.62. The van der Waals surface area contributed by atoms with E-state index >= 15 is 0 Å². The van der Waals surface area contributed by atoms with Gasteiger partial charge in [0.25, 0.3) is 0 Å². The molecule has 414 valence electrons. The van der Waals surface area contributed by atoms with E-state index in [1.54, 1.807) is 24.3 Å². The molecule has 0 radical (unpaired) electrons. The van der Waals surface area contributed by atoms with E-state index in [1.807, 2.05) is 30.4 Å². The molecule has 1 aliphatic heterocycles. The number of allylic oxidation sites excluding steroid dienone is 2. The van der Waals surface area contributed by atoms with Crippen molar-refractivity contribution in [1.29, 1.82) is 15.8 Å². The molecule has 1 unspecified atom stereocenters. The Morgan fingerprint density at radius 1 is 0.628 bits per heavy atom. The lowest BCUT2D eigenvalue weighted by atomic mass is 9.88. The summed E-state index contributed by atoms with van der Waals surface area (Å²) in [6.45, 7) is 18.1. The van der Waals surface area contributed by atoms with E-state index in [1.165, 1.54) is 29.2 Å². The zero-order chi connectivity index (χ0) is 56.5. The number of nitriles is 3. The van der Waals surface area contributed by atoms with Crippen LogP contribution in [-0.4, -0.2) is 57.7 Å². The average Bonchev–Trinajstić information content (AvgIpc) is 4.09. The zero-order valence-electron chi connectivity index (χ0n) is 45.6. The van der Waals surface area contributed by atoms with Gasteiger partial charge in [0.1, 0.15) is 35.1 Å². The minimum absolute atomic E-state index is 0.00128. The molecule has 0 aliphatic carbocycles. The largest absolute Gasteiger partial charge is 0.488 e. The molecule has 78 heavy (non-hydrogen) atoms. The van der Waals surface area contributed by atoms with Crippen LogP contribution in [0.2, 0.25) is 0 Å². The first-order chi connectivity index (χ1) is 37.8. The summed E-state index contributed by atoms with van der Waals surface area (Å²) in [6, 6.07) is 17.1. The number of hydrogen-bond acceptors (Lipinski definition) is 14. The molecule has 0 amide bonds. The molecule has 5 rings (SSSR count). The number of thiophene rings is 2. The molecular formula is C61H69F3N4O8S2. The van der Waals surface area contributed by atoms with Crippen LogP contribution in [-0.2, 0) is 9.47 Å². The normalized spacial score (nSPS) is 14.1. The Kier molecular flexibility index (Phi) is 25.0. The Morgan fingerprint density at radius 3 is 1.51 bits per heavy atom. The number of anilines is 1. The van der Waals surface area contributed by atoms with Gasteiger partial charge in [-0.25, -0.2) is 4.79 Å². The summed E-state index contributed by atoms with van der Waals surface area (Å²) in [4.78, 5) is 18.5. The second kappa shape index (κ2) is 31.7. The molecule has 2 aromatic heterocycles. The summed E-state index contributed by atoms with van der Waals surface area (Å²) in [5.41, 5.74) is 1.03. The molecule has 0 saturated carbocycles. The number of hydrogen-bond donors (Lipinski definition) is 0. The van der Waals surface area contributed by atoms with Crippen molar-refractivity contribution in [3.63, 3.8) is 0 Å². The van der Waals surface area contributed by atoms with Gasteiger partial charge in [0.05, 0.1) is 58.1 Å². The first kappa shape index (κ1) is 61.5. The third kappa shape index (κ3) is 16.8. The number of rotatable bonds is 32. The Bertz CT molecular complexity index is 2930. The number of carbonyl (C=O) groups excluding carboxylic acids is 1. The van der Waals surface area contributed by atoms with Crippen molar-refractivity contribution in [3.8, 4) is 47.0 Å². The van der Waals surface area contributed by atoms with Crippen LogP contribution in [0.4, 0.5) is 18.9 Å². The van der Waals surface area contributed by atoms with Crippen molar-refractivity contribution in [3.05, 3.63) is 120 Å². The SMILES string of the molecule is CCCCOc1c(/C=C/C2=C(C#N)C(=C(C#N)C#N)OC2(C)CCCOC(=O)c2ccc(OC(F)=C(F)F)cc2)sc(/C=C/c2sc(/C=C/c3ccc(N(CC)CC)cc3)c(OCCCC)c2OCCCC)c1OCCCC. The Labute approximate surface area is 465 Å². The zero-order valence-corrected chi connectivity index (χ0v) is 47.2. The van der Waals surface area contributed by atoms with Gasteiger partial charge < -0.3 is 38.1 Å². The van der Waals surface area contributed by atoms with Crippen LogP contribution in [0.25, 0.3) is 30.4 Å². The lowest BCUT2D eigenvalue weighted by molar-refractivity contribution is 0.0393. The second-order valence-corrected chi connectivity index (χ2v) is 20.3. The quantitative estimate of drug-likeness (QED) is 0.0198. The van der Waals surface area contributed by atoms with E-state index in [-0.39, 0.29) is 47.7 Å². The first-order valence-electron chi connectivity index (χ1n) is 26.6. The van der Waals surface area contributed by atoms with Gasteiger partial charge >= 0.3 is 18.1 Å². The summed E-state index contributed by atoms with van der Waals surface area (Å²) in [5.74, 6) is 1.33. The molecule has 12 nitrogen and oxygen atoms in total. The molecule has 0 fully saturated rings. The highest BCUT2D eigenvalue weighted by Crippen LogP contribution is 2.49. The van der Waals surface area contributed by atoms with Crippen LogP contribution in [0.5, 0.6) is 28.7 Å². The second-order valence-electron chi connectivity index (χ2n) is 18.1. The van der Waals surface area contributed by atoms with Crippen LogP contribution in [0.1, 0.15) is 148 Å². The molecular weight excluding hydrogens is 1040 g/mol. The molecule has 0 bridgehead atoms. The third-order valence-electron chi connectivity index (χ3n) is 12.4. The molecule has 17 heteroatoms. The minimum Gasteiger partial charge on any atom is -0.488 e. The highest BCUT2D eigenvalue weighted by atomic mass is 32.1. The Hall–Kier alpha value is -7.39. The van der Waals surface area contributed by atoms with Crippen LogP contribution in [0.3, 0.4) is 0 Å². The maximum absolute atomic E-state index is 13.3. The van der Waals surface area contributed by atoms with Gasteiger partial charge in [0.2, 0.25) is 0 Å². The van der Waals surface area contributed by atoms with Gasteiger partial charge in [-0.1, -0.05) is 77.7 Å². The smallest absolute Gasteiger partial charge is 0.344 e. The van der Waals surface area contributed by atoms with Crippen molar-refractivity contribution >= 4 is 64.7 Å². The third-order valence-corrected chi connectivity index (χ3v) is 14.6. The van der Waals surface area contributed by atoms with E-state index in [0.29, 0.717) is 59.9 Å². The maximum atomic E-state index is 13.3. The van der Waals surface area contributed by atoms with Crippen LogP contribution >= 0.6 is 22.7 Å². The van der Waals surface area contributed by atoms with E-state index in [0.717, 1.165) is 96.8 Å². The van der Waals surface area contributed by atoms with E-state index < -0.39 is 23.7 Å². The van der Waals surface area contributed by atoms with Gasteiger partial charge in [0, 0.05) is 24.4 Å². The molecule has 1 atom stereocenters. The molecule has 3 heterocycles. The van der Waals surface area contributed by atoms with Gasteiger partial charge in [-0.2, -0.15) is 29.0 Å². The molecule has 1 aliphatic rings. The maximum Gasteiger partial charge on any atom is 0.344 e. The fraction of sp³-hybridized carbons (Fsp3) is 0.410. The molecule has 0 saturated heterocycles. The van der Waals surface area contributed by atoms with Crippen LogP contribution < -0.4 is 28.6 Å². The first-order valence-corrected chi connectivity index (χ1v) is 28.2. The standard InChI is InChI=1S/C61H69F3N4O8S2/c1-8-14-34-70-54-49(29-21-42-19-24-45(25-20-42)68(12-5)13-6)77-51(56(54)72-36-16-10-3)31-32-52-57(73-37-17-11-4)55(71-35-15-9-2)50(78-52)30-28-48-47(41-67)53(44(39-65)40-66)76-61(48,7)33-18-38-74-60(69)43-22-26-46(27-23-43)75-59(64)58(62)63/h19-32H,8-18,33-38H2,1-7H3/b29-21+,30-28+,32-31+. The number of carbonyl (C=O) groups is 1. The highest BCUT2D eigenvalue weighted by molar-refractivity contribution is 7.15. The van der Waals surface area contributed by atoms with Gasteiger partial charge in [-0.3, -0.25) is 0 Å². The fourth-order valence-electron chi connectivity index (χ4n) is 8.03. The fourth-order valence-corrected chi connectivity index (χ4v) is 10.0. The van der Waals surface area contributed by atoms with Crippen molar-refractivity contribution in [1.82, 2.24) is 0 Å². The lowest BCUT2D eigenvalue weighted by Gasteiger charge is -2.26. The average molecular weight is 1110 g/mol. The summed E-state index contributed by atoms with van der Waals surface area (Å²) < 4.78 is 80.9. The Morgan fingerprint density at radius 2 is 1.09 bits per heavy atom. The van der Waals surface area contributed by atoms with E-state index in [9.17, 15) is 33.8 Å². The predicted molar refractivity (Wildman–Crippen MR) is 304 cm³/mol. The van der Waals surface area contributed by atoms with E-state index in [2.05, 4.69) is 93.7 Å². The van der Waals surface area contributed by atoms with Gasteiger partial charge in [0.15, 0.2) is 34.3 Å². The molecule has 4 aromatic rings. The lowest BCUT2D eigenvalue weighted by Crippen LogP contribution is -2.27. The van der Waals surface area contributed by atoms with E-state index in [4.69, 9.17) is 28.4 Å². The molecule has 2 aromatic carbocycles. The van der Waals surface area contributed by atoms with Crippen LogP contribution in [0, 0.1) is 34.0 Å². The highest BCUT2D eigenvalue weighted by Gasteiger charge is 2.42. The summed E-state index contributed by atoms with van der Waals surface area (Å²) in [5, 5.41) is 30.5. The predicted octanol–water partition coefficient (Wildman–Crippen LogP) is 16.7. The van der Waals surface area contributed by atoms with Crippen molar-refractivity contribution in [2.24, 2.45) is 0 Å². The van der Waals surface area contributed by atoms with Crippen molar-refractivity contribution in [2.45, 2.75) is 118 Å². The number of ether oxygens (including phenoxy) is 7. The Balaban J connectivity index is 1.55. The number of unbranched alkanes of at least 4 members (excludes halogenated alkanes) is 4. The summed E-state index contributed by atoms with van der Waals surface area (Å²) in [7, 11) is 0. The monoisotopic (exact) mass is 1110 g/mol. The van der Waals surface area contributed by atoms with Gasteiger partial charge in [-0.15, -0.1) is 22.7 Å². The van der Waals surface area contributed by atoms with Crippen LogP contribution in [0.15, 0.2) is 89.2 Å². The summed E-state index contributed by atoms with van der Waals surface area (Å²) >= 11 is 3.01. The molecule has 0 N–H and O–H groups in total. The number of benzene rings is 2.